The first kappa shape index (κ1) is 33.7. The van der Waals surface area contributed by atoms with Crippen LogP contribution in [0.4, 0.5) is 10.5 Å². The molecule has 4 amide bonds. The van der Waals surface area contributed by atoms with E-state index in [4.69, 9.17) is 14.2 Å². The summed E-state index contributed by atoms with van der Waals surface area (Å²) in [5.41, 5.74) is 4.34. The zero-order valence-electron chi connectivity index (χ0n) is 29.3. The highest BCUT2D eigenvalue weighted by atomic mass is 16.8. The Kier molecular flexibility index (Phi) is 8.79. The van der Waals surface area contributed by atoms with Crippen molar-refractivity contribution >= 4 is 23.5 Å². The molecule has 10 nitrogen and oxygen atoms in total. The molecule has 0 aliphatic carbocycles. The summed E-state index contributed by atoms with van der Waals surface area (Å²) in [5.74, 6) is 5.64. The van der Waals surface area contributed by atoms with Crippen LogP contribution in [0.2, 0.25) is 0 Å². The summed E-state index contributed by atoms with van der Waals surface area (Å²) < 4.78 is 18.1. The number of nitrogens with one attached hydrogen (secondary N) is 1. The fourth-order valence-electron chi connectivity index (χ4n) is 8.00. The summed E-state index contributed by atoms with van der Waals surface area (Å²) >= 11 is 0. The van der Waals surface area contributed by atoms with E-state index in [0.29, 0.717) is 42.2 Å². The van der Waals surface area contributed by atoms with E-state index in [1.165, 1.54) is 4.90 Å². The lowest BCUT2D eigenvalue weighted by atomic mass is 9.73. The highest BCUT2D eigenvalue weighted by molar-refractivity contribution is 6.21. The highest BCUT2D eigenvalue weighted by Gasteiger charge is 2.56. The third-order valence-corrected chi connectivity index (χ3v) is 10.5. The molecule has 10 heteroatoms. The first-order valence-electron chi connectivity index (χ1n) is 17.6. The highest BCUT2D eigenvalue weighted by Crippen LogP contribution is 2.45. The molecule has 0 unspecified atom stereocenters. The van der Waals surface area contributed by atoms with Crippen LogP contribution in [0, 0.1) is 11.8 Å². The van der Waals surface area contributed by atoms with Crippen LogP contribution < -0.4 is 10.1 Å². The molecule has 4 aromatic carbocycles. The van der Waals surface area contributed by atoms with Gasteiger partial charge in [-0.05, 0) is 80.1 Å². The molecule has 4 aromatic rings. The molecular formula is C42H40N4O6. The molecule has 5 atom stereocenters. The third-order valence-electron chi connectivity index (χ3n) is 10.5. The van der Waals surface area contributed by atoms with Gasteiger partial charge in [0.25, 0.3) is 11.8 Å². The van der Waals surface area contributed by atoms with Crippen molar-refractivity contribution in [1.82, 2.24) is 14.7 Å². The molecule has 0 spiro atoms. The molecule has 8 rings (SSSR count). The topological polar surface area (TPSA) is 101 Å². The molecular weight excluding hydrogens is 656 g/mol. The number of urea groups is 1. The second-order valence-corrected chi connectivity index (χ2v) is 14.1. The van der Waals surface area contributed by atoms with E-state index < -0.39 is 5.79 Å². The van der Waals surface area contributed by atoms with Crippen LogP contribution in [-0.2, 0) is 9.47 Å². The smallest absolute Gasteiger partial charge is 0.321 e. The predicted octanol–water partition coefficient (Wildman–Crippen LogP) is 5.60. The first-order chi connectivity index (χ1) is 25.2. The Hall–Kier alpha value is -5.47. The summed E-state index contributed by atoms with van der Waals surface area (Å²) in [7, 11) is 1.60. The van der Waals surface area contributed by atoms with Crippen LogP contribution in [0.1, 0.15) is 57.2 Å². The molecule has 4 heterocycles. The fourth-order valence-corrected chi connectivity index (χ4v) is 8.00. The zero-order valence-corrected chi connectivity index (χ0v) is 29.3. The average molecular weight is 697 g/mol. The minimum Gasteiger partial charge on any atom is -0.497 e. The van der Waals surface area contributed by atoms with Gasteiger partial charge in [-0.2, -0.15) is 0 Å². The lowest BCUT2D eigenvalue weighted by Gasteiger charge is -2.58. The Balaban J connectivity index is 1.12. The number of benzene rings is 4. The molecule has 4 aliphatic heterocycles. The quantitative estimate of drug-likeness (QED) is 0.215. The predicted molar refractivity (Wildman–Crippen MR) is 195 cm³/mol. The van der Waals surface area contributed by atoms with E-state index in [2.05, 4.69) is 34.2 Å². The van der Waals surface area contributed by atoms with E-state index in [0.717, 1.165) is 16.7 Å². The van der Waals surface area contributed by atoms with Crippen molar-refractivity contribution in [2.75, 3.05) is 38.6 Å². The van der Waals surface area contributed by atoms with E-state index in [9.17, 15) is 14.4 Å². The molecule has 1 N–H and O–H groups in total. The number of nitrogens with zero attached hydrogens (tertiary/aromatic N) is 3. The molecule has 0 aromatic heterocycles. The van der Waals surface area contributed by atoms with Gasteiger partial charge in [-0.3, -0.25) is 19.4 Å². The van der Waals surface area contributed by atoms with Crippen LogP contribution >= 0.6 is 0 Å². The largest absolute Gasteiger partial charge is 0.497 e. The van der Waals surface area contributed by atoms with Gasteiger partial charge in [0.15, 0.2) is 5.79 Å². The van der Waals surface area contributed by atoms with Gasteiger partial charge in [0, 0.05) is 54.5 Å². The number of carbonyl (C=O) groups excluding carboxylic acids is 3. The van der Waals surface area contributed by atoms with Crippen molar-refractivity contribution in [3.8, 4) is 17.6 Å². The van der Waals surface area contributed by atoms with Gasteiger partial charge in [0.05, 0.1) is 24.8 Å². The minimum atomic E-state index is -0.841. The van der Waals surface area contributed by atoms with Gasteiger partial charge in [-0.15, -0.1) is 0 Å². The third kappa shape index (κ3) is 6.43. The second-order valence-electron chi connectivity index (χ2n) is 14.1. The number of hydrogen-bond donors (Lipinski definition) is 1. The summed E-state index contributed by atoms with van der Waals surface area (Å²) in [6, 6.07) is 31.6. The number of anilines is 1. The van der Waals surface area contributed by atoms with Gasteiger partial charge >= 0.3 is 6.03 Å². The number of carbonyl (C=O) groups is 3. The number of imide groups is 1. The zero-order chi connectivity index (χ0) is 36.0. The lowest BCUT2D eigenvalue weighted by molar-refractivity contribution is -0.150. The van der Waals surface area contributed by atoms with Crippen molar-refractivity contribution in [2.45, 2.75) is 49.8 Å². The number of rotatable bonds is 5. The number of amides is 4. The van der Waals surface area contributed by atoms with Crippen molar-refractivity contribution in [2.24, 2.45) is 0 Å². The maximum absolute atomic E-state index is 14.0. The Labute approximate surface area is 303 Å². The molecule has 0 bridgehead atoms. The van der Waals surface area contributed by atoms with Gasteiger partial charge in [0.2, 0.25) is 0 Å². The maximum Gasteiger partial charge on any atom is 0.321 e. The number of hydrogen-bond acceptors (Lipinski definition) is 7. The van der Waals surface area contributed by atoms with E-state index in [-0.39, 0.29) is 54.6 Å². The Morgan fingerprint density at radius 3 is 2.02 bits per heavy atom. The monoisotopic (exact) mass is 696 g/mol. The number of ether oxygens (including phenoxy) is 3. The standard InChI is InChI=1S/C42H40N4O6/c1-42(2)51-36-25-44(41(49)43-30-19-21-31(50-3)22-20-30)23-34-38(29-17-15-28(16-18-29)14-13-27-9-5-4-6-10-27)35(45(34)26-37(36)52-42)24-46-39(47)32-11-7-8-12-33(32)40(46)48/h4-12,15-22,34-38H,23-26H2,1-3H3,(H,43,49)/t34-,35+,36+,37-,38+/m0/s1. The normalized spacial score (nSPS) is 24.7. The Bertz CT molecular complexity index is 2020. The van der Waals surface area contributed by atoms with Crippen molar-refractivity contribution in [3.05, 3.63) is 131 Å². The first-order valence-corrected chi connectivity index (χ1v) is 17.6. The minimum absolute atomic E-state index is 0.108. The van der Waals surface area contributed by atoms with Crippen LogP contribution in [0.5, 0.6) is 5.75 Å². The van der Waals surface area contributed by atoms with Crippen LogP contribution in [0.15, 0.2) is 103 Å². The van der Waals surface area contributed by atoms with Crippen molar-refractivity contribution in [1.29, 1.82) is 0 Å². The Morgan fingerprint density at radius 1 is 0.788 bits per heavy atom. The SMILES string of the molecule is COc1ccc(NC(=O)N2C[C@H]3OC(C)(C)O[C@H]3CN3[C@H](CN4C(=O)c5ccccc5C4=O)[C@H](c4ccc(C#Cc5ccccc5)cc4)[C@@H]3C2)cc1. The molecule has 3 saturated heterocycles. The van der Waals surface area contributed by atoms with Crippen LogP contribution in [0.25, 0.3) is 0 Å². The number of fused-ring (bicyclic) bond motifs is 3. The maximum atomic E-state index is 14.0. The molecule has 52 heavy (non-hydrogen) atoms. The van der Waals surface area contributed by atoms with Gasteiger partial charge < -0.3 is 24.4 Å². The van der Waals surface area contributed by atoms with Crippen molar-refractivity contribution < 1.29 is 28.6 Å². The summed E-state index contributed by atoms with van der Waals surface area (Å²) in [6.45, 7) is 5.22. The summed E-state index contributed by atoms with van der Waals surface area (Å²) in [6.07, 6.45) is -0.714. The number of methoxy groups -OCH3 is 1. The van der Waals surface area contributed by atoms with Gasteiger partial charge in [-0.1, -0.05) is 54.3 Å². The molecule has 0 radical (unpaired) electrons. The van der Waals surface area contributed by atoms with E-state index in [1.54, 1.807) is 60.5 Å². The molecule has 3 fully saturated rings. The van der Waals surface area contributed by atoms with E-state index in [1.807, 2.05) is 56.3 Å². The van der Waals surface area contributed by atoms with Gasteiger partial charge in [0.1, 0.15) is 18.0 Å². The Morgan fingerprint density at radius 2 is 1.38 bits per heavy atom. The molecule has 0 saturated carbocycles. The van der Waals surface area contributed by atoms with E-state index >= 15 is 0 Å². The molecule has 264 valence electrons. The second kappa shape index (κ2) is 13.6. The van der Waals surface area contributed by atoms with Crippen molar-refractivity contribution in [3.63, 3.8) is 0 Å². The van der Waals surface area contributed by atoms with Gasteiger partial charge in [-0.25, -0.2) is 4.79 Å². The van der Waals surface area contributed by atoms with Crippen LogP contribution in [-0.4, -0.2) is 95.9 Å². The lowest BCUT2D eigenvalue weighted by Crippen LogP contribution is -2.72. The summed E-state index contributed by atoms with van der Waals surface area (Å²) in [5, 5.41) is 3.06. The average Bonchev–Trinajstić information content (AvgIpc) is 3.57. The summed E-state index contributed by atoms with van der Waals surface area (Å²) in [4.78, 5) is 46.7. The van der Waals surface area contributed by atoms with Crippen LogP contribution in [0.3, 0.4) is 0 Å². The molecule has 4 aliphatic rings. The fraction of sp³-hybridized carbons (Fsp3) is 0.310.